The molecule has 4 rings (SSSR count). The van der Waals surface area contributed by atoms with Crippen LogP contribution in [0.2, 0.25) is 0 Å². The maximum atomic E-state index is 13.8. The van der Waals surface area contributed by atoms with Gasteiger partial charge in [-0.2, -0.15) is 13.2 Å². The van der Waals surface area contributed by atoms with Crippen molar-refractivity contribution >= 4 is 34.3 Å². The number of pyridine rings is 1. The minimum Gasteiger partial charge on any atom is -0.364 e. The molecule has 2 aromatic carbocycles. The number of carbonyl (C=O) groups is 2. The summed E-state index contributed by atoms with van der Waals surface area (Å²) in [5, 5.41) is 4.47. The van der Waals surface area contributed by atoms with Gasteiger partial charge in [-0.15, -0.1) is 0 Å². The second-order valence-electron chi connectivity index (χ2n) is 6.96. The van der Waals surface area contributed by atoms with E-state index < -0.39 is 35.2 Å². The molecule has 0 atom stereocenters. The Morgan fingerprint density at radius 1 is 0.970 bits per heavy atom. The predicted octanol–water partition coefficient (Wildman–Crippen LogP) is 4.93. The van der Waals surface area contributed by atoms with Crippen molar-refractivity contribution in [2.45, 2.75) is 6.18 Å². The van der Waals surface area contributed by atoms with Crippen LogP contribution in [0.15, 0.2) is 66.9 Å². The molecule has 11 heteroatoms. The van der Waals surface area contributed by atoms with E-state index in [2.05, 4.69) is 15.6 Å². The standard InChI is InChI=1S/C22H15F4N5O2/c23-15-8-3-12(22(24,25)26)10-16(15)30-21(33)29-13-4-6-14(7-5-13)31-18-2-1-9-28-17(18)11-19(31)20(27)32/h1-11H,(H2,27,32)(H2,29,30,33). The van der Waals surface area contributed by atoms with Crippen LogP contribution >= 0.6 is 0 Å². The first-order valence-corrected chi connectivity index (χ1v) is 9.45. The van der Waals surface area contributed by atoms with Crippen LogP contribution in [0.25, 0.3) is 16.7 Å². The number of carbonyl (C=O) groups excluding carboxylic acids is 2. The zero-order chi connectivity index (χ0) is 23.8. The molecule has 0 saturated heterocycles. The van der Waals surface area contributed by atoms with Crippen molar-refractivity contribution in [3.63, 3.8) is 0 Å². The first-order chi connectivity index (χ1) is 15.6. The monoisotopic (exact) mass is 457 g/mol. The molecule has 2 heterocycles. The average molecular weight is 457 g/mol. The lowest BCUT2D eigenvalue weighted by molar-refractivity contribution is -0.137. The quantitative estimate of drug-likeness (QED) is 0.379. The number of rotatable bonds is 4. The highest BCUT2D eigenvalue weighted by Gasteiger charge is 2.31. The molecule has 0 unspecified atom stereocenters. The molecule has 4 N–H and O–H groups in total. The van der Waals surface area contributed by atoms with Crippen LogP contribution in [-0.4, -0.2) is 21.5 Å². The third kappa shape index (κ3) is 4.47. The second-order valence-corrected chi connectivity index (χ2v) is 6.96. The first kappa shape index (κ1) is 21.8. The van der Waals surface area contributed by atoms with E-state index in [9.17, 15) is 27.2 Å². The molecular formula is C22H15F4N5O2. The number of amides is 3. The maximum Gasteiger partial charge on any atom is 0.416 e. The zero-order valence-corrected chi connectivity index (χ0v) is 16.7. The largest absolute Gasteiger partial charge is 0.416 e. The molecule has 0 spiro atoms. The summed E-state index contributed by atoms with van der Waals surface area (Å²) < 4.78 is 53.9. The Morgan fingerprint density at radius 3 is 2.36 bits per heavy atom. The molecule has 0 aliphatic rings. The molecule has 0 aliphatic carbocycles. The number of hydrogen-bond acceptors (Lipinski definition) is 3. The molecule has 0 radical (unpaired) electrons. The molecule has 0 aliphatic heterocycles. The molecule has 33 heavy (non-hydrogen) atoms. The predicted molar refractivity (Wildman–Crippen MR) is 114 cm³/mol. The van der Waals surface area contributed by atoms with E-state index in [1.165, 1.54) is 12.1 Å². The summed E-state index contributed by atoms with van der Waals surface area (Å²) >= 11 is 0. The molecule has 168 valence electrons. The Kier molecular flexibility index (Phi) is 5.46. The van der Waals surface area contributed by atoms with Crippen LogP contribution < -0.4 is 16.4 Å². The van der Waals surface area contributed by atoms with Crippen molar-refractivity contribution in [3.8, 4) is 5.69 Å². The SMILES string of the molecule is NC(=O)c1cc2ncccc2n1-c1ccc(NC(=O)Nc2cc(C(F)(F)F)ccc2F)cc1. The van der Waals surface area contributed by atoms with Crippen LogP contribution in [0.5, 0.6) is 0 Å². The molecule has 7 nitrogen and oxygen atoms in total. The Labute approximate surface area is 183 Å². The number of fused-ring (bicyclic) bond motifs is 1. The van der Waals surface area contributed by atoms with Gasteiger partial charge in [0.2, 0.25) is 0 Å². The highest BCUT2D eigenvalue weighted by atomic mass is 19.4. The number of alkyl halides is 3. The number of halogens is 4. The van der Waals surface area contributed by atoms with E-state index >= 15 is 0 Å². The normalized spacial score (nSPS) is 11.4. The number of nitrogens with zero attached hydrogens (tertiary/aromatic N) is 2. The number of nitrogens with one attached hydrogen (secondary N) is 2. The summed E-state index contributed by atoms with van der Waals surface area (Å²) in [5.74, 6) is -1.67. The van der Waals surface area contributed by atoms with E-state index in [0.29, 0.717) is 34.9 Å². The lowest BCUT2D eigenvalue weighted by Gasteiger charge is -2.13. The summed E-state index contributed by atoms with van der Waals surface area (Å²) in [6, 6.07) is 12.0. The fourth-order valence-electron chi connectivity index (χ4n) is 3.27. The summed E-state index contributed by atoms with van der Waals surface area (Å²) in [6.45, 7) is 0. The van der Waals surface area contributed by atoms with E-state index in [0.717, 1.165) is 0 Å². The van der Waals surface area contributed by atoms with Crippen molar-refractivity contribution in [3.05, 3.63) is 83.9 Å². The third-order valence-corrected chi connectivity index (χ3v) is 4.75. The first-order valence-electron chi connectivity index (χ1n) is 9.45. The molecule has 0 saturated carbocycles. The number of benzene rings is 2. The van der Waals surface area contributed by atoms with E-state index in [4.69, 9.17) is 5.73 Å². The summed E-state index contributed by atoms with van der Waals surface area (Å²) in [6.07, 6.45) is -3.10. The van der Waals surface area contributed by atoms with Gasteiger partial charge in [-0.25, -0.2) is 9.18 Å². The van der Waals surface area contributed by atoms with Gasteiger partial charge in [0.15, 0.2) is 0 Å². The van der Waals surface area contributed by atoms with Crippen molar-refractivity contribution in [2.24, 2.45) is 5.73 Å². The Morgan fingerprint density at radius 2 is 1.70 bits per heavy atom. The number of aromatic nitrogens is 2. The van der Waals surface area contributed by atoms with E-state index in [-0.39, 0.29) is 11.4 Å². The Hall–Kier alpha value is -4.41. The zero-order valence-electron chi connectivity index (χ0n) is 16.7. The van der Waals surface area contributed by atoms with E-state index in [1.807, 2.05) is 0 Å². The van der Waals surface area contributed by atoms with Crippen LogP contribution in [0.3, 0.4) is 0 Å². The number of anilines is 2. The van der Waals surface area contributed by atoms with Gasteiger partial charge in [-0.05, 0) is 60.7 Å². The van der Waals surface area contributed by atoms with Crippen LogP contribution in [0.1, 0.15) is 16.1 Å². The smallest absolute Gasteiger partial charge is 0.364 e. The lowest BCUT2D eigenvalue weighted by atomic mass is 10.2. The van der Waals surface area contributed by atoms with Gasteiger partial charge in [0.1, 0.15) is 11.5 Å². The Bertz CT molecular complexity index is 1360. The molecule has 2 aromatic heterocycles. The maximum absolute atomic E-state index is 13.8. The number of nitrogens with two attached hydrogens (primary N) is 1. The summed E-state index contributed by atoms with van der Waals surface area (Å²) in [7, 11) is 0. The van der Waals surface area contributed by atoms with Gasteiger partial charge in [0.05, 0.1) is 22.3 Å². The van der Waals surface area contributed by atoms with Gasteiger partial charge in [0, 0.05) is 17.6 Å². The molecule has 3 amide bonds. The van der Waals surface area contributed by atoms with Gasteiger partial charge in [0.25, 0.3) is 5.91 Å². The van der Waals surface area contributed by atoms with Crippen LogP contribution in [0, 0.1) is 5.82 Å². The highest BCUT2D eigenvalue weighted by molar-refractivity contribution is 6.00. The Balaban J connectivity index is 1.55. The highest BCUT2D eigenvalue weighted by Crippen LogP contribution is 2.32. The lowest BCUT2D eigenvalue weighted by Crippen LogP contribution is -2.20. The van der Waals surface area contributed by atoms with Crippen LogP contribution in [-0.2, 0) is 6.18 Å². The van der Waals surface area contributed by atoms with Gasteiger partial charge < -0.3 is 20.9 Å². The summed E-state index contributed by atoms with van der Waals surface area (Å²) in [4.78, 5) is 28.3. The number of primary amides is 1. The third-order valence-electron chi connectivity index (χ3n) is 4.75. The molecule has 0 fully saturated rings. The van der Waals surface area contributed by atoms with Gasteiger partial charge in [-0.3, -0.25) is 9.78 Å². The van der Waals surface area contributed by atoms with E-state index in [1.54, 1.807) is 41.1 Å². The van der Waals surface area contributed by atoms with Crippen molar-refractivity contribution in [2.75, 3.05) is 10.6 Å². The van der Waals surface area contributed by atoms with Crippen molar-refractivity contribution in [1.29, 1.82) is 0 Å². The topological polar surface area (TPSA) is 102 Å². The second kappa shape index (κ2) is 8.26. The molecule has 4 aromatic rings. The van der Waals surface area contributed by atoms with Crippen molar-refractivity contribution < 1.29 is 27.2 Å². The minimum atomic E-state index is -4.68. The van der Waals surface area contributed by atoms with Gasteiger partial charge >= 0.3 is 12.2 Å². The van der Waals surface area contributed by atoms with Crippen LogP contribution in [0.4, 0.5) is 33.7 Å². The fraction of sp³-hybridized carbons (Fsp3) is 0.0455. The van der Waals surface area contributed by atoms with Gasteiger partial charge in [-0.1, -0.05) is 0 Å². The summed E-state index contributed by atoms with van der Waals surface area (Å²) in [5.41, 5.74) is 6.02. The number of hydrogen-bond donors (Lipinski definition) is 3. The molecule has 0 bridgehead atoms. The fourth-order valence-corrected chi connectivity index (χ4v) is 3.27. The average Bonchev–Trinajstić information content (AvgIpc) is 3.15. The molecular weight excluding hydrogens is 442 g/mol. The number of urea groups is 1. The minimum absolute atomic E-state index is 0.210. The van der Waals surface area contributed by atoms with Crippen molar-refractivity contribution in [1.82, 2.24) is 9.55 Å².